The first-order valence-corrected chi connectivity index (χ1v) is 8.86. The van der Waals surface area contributed by atoms with Gasteiger partial charge in [0.05, 0.1) is 12.6 Å². The van der Waals surface area contributed by atoms with Crippen molar-refractivity contribution in [2.75, 3.05) is 26.2 Å². The van der Waals surface area contributed by atoms with Gasteiger partial charge in [0, 0.05) is 25.3 Å². The number of hydrogen-bond acceptors (Lipinski definition) is 4. The Kier molecular flexibility index (Phi) is 6.69. The minimum Gasteiger partial charge on any atom is -0.466 e. The molecule has 3 N–H and O–H groups in total. The van der Waals surface area contributed by atoms with Gasteiger partial charge in [-0.15, -0.1) is 0 Å². The third kappa shape index (κ3) is 5.24. The zero-order valence-corrected chi connectivity index (χ0v) is 15.3. The number of aliphatic hydroxyl groups is 1. The van der Waals surface area contributed by atoms with Crippen molar-refractivity contribution in [2.45, 2.75) is 58.7 Å². The van der Waals surface area contributed by atoms with Crippen molar-refractivity contribution in [3.05, 3.63) is 23.2 Å². The first-order valence-electron chi connectivity index (χ1n) is 8.86. The molecular formula is C18H31N3O3. The van der Waals surface area contributed by atoms with Crippen molar-refractivity contribution in [2.24, 2.45) is 4.99 Å². The van der Waals surface area contributed by atoms with E-state index in [9.17, 15) is 5.11 Å². The van der Waals surface area contributed by atoms with Crippen LogP contribution < -0.4 is 10.6 Å². The van der Waals surface area contributed by atoms with Crippen LogP contribution in [0, 0.1) is 13.8 Å². The van der Waals surface area contributed by atoms with E-state index in [0.29, 0.717) is 12.1 Å². The molecule has 0 aromatic carbocycles. The highest BCUT2D eigenvalue weighted by atomic mass is 16.5. The summed E-state index contributed by atoms with van der Waals surface area (Å²) in [6.07, 6.45) is 3.63. The zero-order chi connectivity index (χ0) is 17.6. The van der Waals surface area contributed by atoms with E-state index in [1.54, 1.807) is 6.92 Å². The maximum Gasteiger partial charge on any atom is 0.191 e. The van der Waals surface area contributed by atoms with Crippen molar-refractivity contribution in [3.63, 3.8) is 0 Å². The molecule has 1 saturated heterocycles. The van der Waals surface area contributed by atoms with E-state index in [4.69, 9.17) is 9.15 Å². The fourth-order valence-electron chi connectivity index (χ4n) is 3.05. The Morgan fingerprint density at radius 3 is 2.79 bits per heavy atom. The third-order valence-corrected chi connectivity index (χ3v) is 4.29. The van der Waals surface area contributed by atoms with Crippen molar-refractivity contribution in [1.29, 1.82) is 0 Å². The van der Waals surface area contributed by atoms with E-state index >= 15 is 0 Å². The Bertz CT molecular complexity index is 546. The van der Waals surface area contributed by atoms with Crippen LogP contribution in [0.2, 0.25) is 0 Å². The number of aliphatic imine (C=N–C) groups is 1. The number of aryl methyl sites for hydroxylation is 2. The molecule has 0 amide bonds. The molecule has 0 saturated carbocycles. The molecule has 24 heavy (non-hydrogen) atoms. The number of nitrogens with one attached hydrogen (secondary N) is 2. The smallest absolute Gasteiger partial charge is 0.191 e. The van der Waals surface area contributed by atoms with E-state index < -0.39 is 5.60 Å². The number of furan rings is 1. The summed E-state index contributed by atoms with van der Waals surface area (Å²) < 4.78 is 11.2. The van der Waals surface area contributed by atoms with E-state index in [1.807, 2.05) is 26.8 Å². The lowest BCUT2D eigenvalue weighted by molar-refractivity contribution is 0.0656. The molecule has 1 fully saturated rings. The lowest BCUT2D eigenvalue weighted by Crippen LogP contribution is -2.40. The summed E-state index contributed by atoms with van der Waals surface area (Å²) in [6.45, 7) is 10.3. The molecule has 0 spiro atoms. The third-order valence-electron chi connectivity index (χ3n) is 4.29. The van der Waals surface area contributed by atoms with Crippen LogP contribution in [-0.4, -0.2) is 43.4 Å². The quantitative estimate of drug-likeness (QED) is 0.525. The van der Waals surface area contributed by atoms with Crippen LogP contribution in [0.1, 0.15) is 50.2 Å². The van der Waals surface area contributed by atoms with Crippen molar-refractivity contribution < 1.29 is 14.3 Å². The molecular weight excluding hydrogens is 306 g/mol. The Labute approximate surface area is 144 Å². The van der Waals surface area contributed by atoms with Gasteiger partial charge in [0.2, 0.25) is 0 Å². The summed E-state index contributed by atoms with van der Waals surface area (Å²) in [5.41, 5.74) is -0.266. The van der Waals surface area contributed by atoms with E-state index in [2.05, 4.69) is 15.6 Å². The molecule has 6 heteroatoms. The molecule has 1 aromatic heterocycles. The van der Waals surface area contributed by atoms with Crippen LogP contribution in [0.15, 0.2) is 15.5 Å². The maximum absolute atomic E-state index is 10.8. The molecule has 0 bridgehead atoms. The minimum atomic E-state index is -1.06. The van der Waals surface area contributed by atoms with Crippen molar-refractivity contribution in [3.8, 4) is 0 Å². The van der Waals surface area contributed by atoms with Gasteiger partial charge >= 0.3 is 0 Å². The summed E-state index contributed by atoms with van der Waals surface area (Å²) >= 11 is 0. The lowest BCUT2D eigenvalue weighted by atomic mass is 9.96. The Morgan fingerprint density at radius 2 is 2.21 bits per heavy atom. The lowest BCUT2D eigenvalue weighted by Gasteiger charge is -2.22. The van der Waals surface area contributed by atoms with E-state index in [-0.39, 0.29) is 6.54 Å². The van der Waals surface area contributed by atoms with Crippen LogP contribution in [-0.2, 0) is 10.3 Å². The van der Waals surface area contributed by atoms with Gasteiger partial charge in [-0.1, -0.05) is 0 Å². The van der Waals surface area contributed by atoms with Gasteiger partial charge in [0.1, 0.15) is 17.1 Å². The average molecular weight is 337 g/mol. The standard InChI is InChI=1S/C18H31N3O3/c1-5-19-17(20-9-8-15-7-6-10-23-15)21-12-18(4,22)16-11-13(2)24-14(16)3/h11,15,22H,5-10,12H2,1-4H3,(H2,19,20,21). The monoisotopic (exact) mass is 337 g/mol. The second kappa shape index (κ2) is 8.53. The number of hydrogen-bond donors (Lipinski definition) is 3. The van der Waals surface area contributed by atoms with Gasteiger partial charge < -0.3 is 24.9 Å². The molecule has 136 valence electrons. The molecule has 1 aliphatic rings. The summed E-state index contributed by atoms with van der Waals surface area (Å²) in [7, 11) is 0. The first kappa shape index (κ1) is 18.8. The number of rotatable bonds is 7. The topological polar surface area (TPSA) is 79.0 Å². The molecule has 1 aromatic rings. The summed E-state index contributed by atoms with van der Waals surface area (Å²) in [4.78, 5) is 4.54. The zero-order valence-electron chi connectivity index (χ0n) is 15.3. The fraction of sp³-hybridized carbons (Fsp3) is 0.722. The molecule has 0 radical (unpaired) electrons. The largest absolute Gasteiger partial charge is 0.466 e. The first-order chi connectivity index (χ1) is 11.4. The Hall–Kier alpha value is -1.53. The molecule has 2 atom stereocenters. The maximum atomic E-state index is 10.8. The summed E-state index contributed by atoms with van der Waals surface area (Å²) in [6, 6.07) is 1.88. The molecule has 1 aliphatic heterocycles. The van der Waals surface area contributed by atoms with Gasteiger partial charge in [-0.3, -0.25) is 0 Å². The van der Waals surface area contributed by atoms with Crippen LogP contribution in [0.4, 0.5) is 0 Å². The predicted molar refractivity (Wildman–Crippen MR) is 95.3 cm³/mol. The van der Waals surface area contributed by atoms with Crippen molar-refractivity contribution in [1.82, 2.24) is 10.6 Å². The second-order valence-corrected chi connectivity index (χ2v) is 6.65. The normalized spacial score (nSPS) is 20.9. The van der Waals surface area contributed by atoms with E-state index in [1.165, 1.54) is 0 Å². The highest BCUT2D eigenvalue weighted by Crippen LogP contribution is 2.27. The second-order valence-electron chi connectivity index (χ2n) is 6.65. The van der Waals surface area contributed by atoms with Crippen LogP contribution >= 0.6 is 0 Å². The van der Waals surface area contributed by atoms with E-state index in [0.717, 1.165) is 56.0 Å². The molecule has 0 aliphatic carbocycles. The van der Waals surface area contributed by atoms with Crippen molar-refractivity contribution >= 4 is 5.96 Å². The highest BCUT2D eigenvalue weighted by molar-refractivity contribution is 5.79. The SMILES string of the molecule is CCNC(=NCC(C)(O)c1cc(C)oc1C)NCCC1CCCO1. The number of ether oxygens (including phenoxy) is 1. The van der Waals surface area contributed by atoms with Gasteiger partial charge in [-0.2, -0.15) is 0 Å². The van der Waals surface area contributed by atoms with Gasteiger partial charge in [-0.05, 0) is 53.0 Å². The van der Waals surface area contributed by atoms with Crippen LogP contribution in [0.25, 0.3) is 0 Å². The molecule has 2 rings (SSSR count). The highest BCUT2D eigenvalue weighted by Gasteiger charge is 2.27. The molecule has 2 unspecified atom stereocenters. The fourth-order valence-corrected chi connectivity index (χ4v) is 3.05. The molecule has 6 nitrogen and oxygen atoms in total. The number of nitrogens with zero attached hydrogens (tertiary/aromatic N) is 1. The minimum absolute atomic E-state index is 0.266. The Morgan fingerprint density at radius 1 is 1.42 bits per heavy atom. The van der Waals surface area contributed by atoms with Crippen LogP contribution in [0.5, 0.6) is 0 Å². The molecule has 2 heterocycles. The predicted octanol–water partition coefficient (Wildman–Crippen LogP) is 2.23. The van der Waals surface area contributed by atoms with Crippen LogP contribution in [0.3, 0.4) is 0 Å². The van der Waals surface area contributed by atoms with Gasteiger partial charge in [0.15, 0.2) is 5.96 Å². The number of guanidine groups is 1. The average Bonchev–Trinajstić information content (AvgIpc) is 3.14. The summed E-state index contributed by atoms with van der Waals surface area (Å²) in [5, 5.41) is 17.3. The summed E-state index contributed by atoms with van der Waals surface area (Å²) in [5.74, 6) is 2.26. The van der Waals surface area contributed by atoms with Gasteiger partial charge in [-0.25, -0.2) is 4.99 Å². The van der Waals surface area contributed by atoms with Gasteiger partial charge in [0.25, 0.3) is 0 Å². The Balaban J connectivity index is 1.92.